The molecule has 2 aromatic carbocycles. The van der Waals surface area contributed by atoms with Crippen LogP contribution in [0.5, 0.6) is 5.75 Å². The van der Waals surface area contributed by atoms with E-state index < -0.39 is 11.7 Å². The van der Waals surface area contributed by atoms with Crippen LogP contribution in [-0.4, -0.2) is 16.1 Å². The second kappa shape index (κ2) is 5.61. The number of halogens is 3. The number of nitrogens with one attached hydrogen (secondary N) is 1. The maximum Gasteiger partial charge on any atom is 0.416 e. The summed E-state index contributed by atoms with van der Waals surface area (Å²) in [6.45, 7) is 3.87. The maximum atomic E-state index is 12.7. The number of imidazole rings is 1. The number of ether oxygens (including phenoxy) is 1. The molecule has 0 saturated carbocycles. The number of hydrogen-bond acceptors (Lipinski definition) is 2. The van der Waals surface area contributed by atoms with Crippen LogP contribution in [-0.2, 0) is 6.18 Å². The van der Waals surface area contributed by atoms with Crippen molar-refractivity contribution in [3.05, 3.63) is 48.0 Å². The van der Waals surface area contributed by atoms with E-state index in [1.165, 1.54) is 6.07 Å². The topological polar surface area (TPSA) is 37.9 Å². The molecule has 1 N–H and O–H groups in total. The Balaban J connectivity index is 1.94. The molecule has 0 aliphatic rings. The van der Waals surface area contributed by atoms with E-state index in [2.05, 4.69) is 9.97 Å². The van der Waals surface area contributed by atoms with E-state index >= 15 is 0 Å². The Morgan fingerprint density at radius 1 is 1.04 bits per heavy atom. The molecule has 3 nitrogen and oxygen atoms in total. The van der Waals surface area contributed by atoms with Crippen LogP contribution in [0.25, 0.3) is 22.4 Å². The highest BCUT2D eigenvalue weighted by Gasteiger charge is 2.30. The van der Waals surface area contributed by atoms with Crippen LogP contribution in [0.2, 0.25) is 0 Å². The van der Waals surface area contributed by atoms with E-state index in [4.69, 9.17) is 4.74 Å². The fraction of sp³-hybridized carbons (Fsp3) is 0.235. The molecule has 0 bridgehead atoms. The van der Waals surface area contributed by atoms with E-state index in [1.807, 2.05) is 38.1 Å². The first-order valence-electron chi connectivity index (χ1n) is 7.17. The van der Waals surface area contributed by atoms with Gasteiger partial charge >= 0.3 is 6.18 Å². The summed E-state index contributed by atoms with van der Waals surface area (Å²) in [4.78, 5) is 7.27. The molecule has 0 aliphatic carbocycles. The van der Waals surface area contributed by atoms with Crippen molar-refractivity contribution in [2.45, 2.75) is 26.1 Å². The van der Waals surface area contributed by atoms with Gasteiger partial charge in [-0.15, -0.1) is 0 Å². The minimum Gasteiger partial charge on any atom is -0.491 e. The van der Waals surface area contributed by atoms with Crippen LogP contribution in [0, 0.1) is 0 Å². The predicted molar refractivity (Wildman–Crippen MR) is 82.3 cm³/mol. The average molecular weight is 320 g/mol. The third-order valence-corrected chi connectivity index (χ3v) is 3.31. The largest absolute Gasteiger partial charge is 0.491 e. The van der Waals surface area contributed by atoms with Crippen molar-refractivity contribution in [1.82, 2.24) is 9.97 Å². The molecule has 0 atom stereocenters. The summed E-state index contributed by atoms with van der Waals surface area (Å²) < 4.78 is 43.8. The lowest BCUT2D eigenvalue weighted by Crippen LogP contribution is -2.05. The Morgan fingerprint density at radius 2 is 1.74 bits per heavy atom. The molecular weight excluding hydrogens is 305 g/mol. The molecule has 3 rings (SSSR count). The number of benzene rings is 2. The molecule has 0 radical (unpaired) electrons. The summed E-state index contributed by atoms with van der Waals surface area (Å²) in [5, 5.41) is 0. The van der Waals surface area contributed by atoms with Crippen LogP contribution < -0.4 is 4.74 Å². The quantitative estimate of drug-likeness (QED) is 0.734. The molecular formula is C17H15F3N2O. The molecule has 0 unspecified atom stereocenters. The minimum atomic E-state index is -4.37. The summed E-state index contributed by atoms with van der Waals surface area (Å²) in [6.07, 6.45) is -4.29. The van der Waals surface area contributed by atoms with Gasteiger partial charge in [-0.05, 0) is 56.3 Å². The highest BCUT2D eigenvalue weighted by atomic mass is 19.4. The molecule has 3 aromatic rings. The van der Waals surface area contributed by atoms with Gasteiger partial charge in [0.15, 0.2) is 0 Å². The van der Waals surface area contributed by atoms with Gasteiger partial charge in [-0.1, -0.05) is 0 Å². The molecule has 0 fully saturated rings. The predicted octanol–water partition coefficient (Wildman–Crippen LogP) is 5.04. The van der Waals surface area contributed by atoms with E-state index in [9.17, 15) is 13.2 Å². The van der Waals surface area contributed by atoms with Gasteiger partial charge in [-0.2, -0.15) is 13.2 Å². The molecule has 0 saturated heterocycles. The number of nitrogens with zero attached hydrogens (tertiary/aromatic N) is 1. The summed E-state index contributed by atoms with van der Waals surface area (Å²) in [7, 11) is 0. The van der Waals surface area contributed by atoms with Gasteiger partial charge in [0.25, 0.3) is 0 Å². The Hall–Kier alpha value is -2.50. The van der Waals surface area contributed by atoms with E-state index in [0.29, 0.717) is 16.9 Å². The summed E-state index contributed by atoms with van der Waals surface area (Å²) in [6, 6.07) is 10.7. The number of hydrogen-bond donors (Lipinski definition) is 1. The molecule has 0 spiro atoms. The lowest BCUT2D eigenvalue weighted by atomic mass is 10.2. The van der Waals surface area contributed by atoms with Crippen molar-refractivity contribution in [2.24, 2.45) is 0 Å². The third kappa shape index (κ3) is 3.31. The monoisotopic (exact) mass is 320 g/mol. The third-order valence-electron chi connectivity index (χ3n) is 3.31. The molecule has 6 heteroatoms. The van der Waals surface area contributed by atoms with Crippen LogP contribution in [0.4, 0.5) is 13.2 Å². The van der Waals surface area contributed by atoms with Crippen LogP contribution in [0.15, 0.2) is 42.5 Å². The second-order valence-electron chi connectivity index (χ2n) is 5.51. The lowest BCUT2D eigenvalue weighted by Gasteiger charge is -2.09. The molecule has 0 aliphatic heterocycles. The highest BCUT2D eigenvalue weighted by molar-refractivity contribution is 5.80. The van der Waals surface area contributed by atoms with Crippen molar-refractivity contribution < 1.29 is 17.9 Å². The van der Waals surface area contributed by atoms with Crippen molar-refractivity contribution in [1.29, 1.82) is 0 Å². The van der Waals surface area contributed by atoms with Gasteiger partial charge in [0.05, 0.1) is 22.7 Å². The zero-order chi connectivity index (χ0) is 16.6. The van der Waals surface area contributed by atoms with Crippen LogP contribution in [0.1, 0.15) is 19.4 Å². The number of fused-ring (bicyclic) bond motifs is 1. The van der Waals surface area contributed by atoms with Gasteiger partial charge < -0.3 is 9.72 Å². The first-order valence-corrected chi connectivity index (χ1v) is 7.17. The van der Waals surface area contributed by atoms with E-state index in [0.717, 1.165) is 23.4 Å². The van der Waals surface area contributed by atoms with Gasteiger partial charge in [-0.25, -0.2) is 4.98 Å². The van der Waals surface area contributed by atoms with Gasteiger partial charge in [0.2, 0.25) is 0 Å². The molecule has 1 heterocycles. The lowest BCUT2D eigenvalue weighted by molar-refractivity contribution is -0.137. The van der Waals surface area contributed by atoms with Crippen molar-refractivity contribution in [2.75, 3.05) is 0 Å². The zero-order valence-corrected chi connectivity index (χ0v) is 12.6. The number of aromatic nitrogens is 2. The number of rotatable bonds is 3. The first kappa shape index (κ1) is 15.4. The second-order valence-corrected chi connectivity index (χ2v) is 5.51. The van der Waals surface area contributed by atoms with E-state index in [-0.39, 0.29) is 6.10 Å². The number of aromatic amines is 1. The Labute approximate surface area is 131 Å². The fourth-order valence-corrected chi connectivity index (χ4v) is 2.29. The van der Waals surface area contributed by atoms with Crippen molar-refractivity contribution in [3.63, 3.8) is 0 Å². The Morgan fingerprint density at radius 3 is 2.35 bits per heavy atom. The van der Waals surface area contributed by atoms with Crippen LogP contribution >= 0.6 is 0 Å². The standard InChI is InChI=1S/C17H15F3N2O/c1-10(2)23-13-6-3-11(4-7-13)16-21-14-8-5-12(17(18,19)20)9-15(14)22-16/h3-10H,1-2H3,(H,21,22). The Bertz CT molecular complexity index is 820. The van der Waals surface area contributed by atoms with E-state index in [1.54, 1.807) is 0 Å². The zero-order valence-electron chi connectivity index (χ0n) is 12.6. The number of H-pyrrole nitrogens is 1. The molecule has 1 aromatic heterocycles. The molecule has 0 amide bonds. The first-order chi connectivity index (χ1) is 10.8. The SMILES string of the molecule is CC(C)Oc1ccc(-c2nc3ccc(C(F)(F)F)cc3[nH]2)cc1. The fourth-order valence-electron chi connectivity index (χ4n) is 2.29. The molecule has 23 heavy (non-hydrogen) atoms. The van der Waals surface area contributed by atoms with Gasteiger partial charge in [0.1, 0.15) is 11.6 Å². The molecule has 120 valence electrons. The average Bonchev–Trinajstić information content (AvgIpc) is 2.89. The highest BCUT2D eigenvalue weighted by Crippen LogP contribution is 2.31. The van der Waals surface area contributed by atoms with Gasteiger partial charge in [-0.3, -0.25) is 0 Å². The maximum absolute atomic E-state index is 12.7. The van der Waals surface area contributed by atoms with Crippen molar-refractivity contribution >= 4 is 11.0 Å². The number of alkyl halides is 3. The minimum absolute atomic E-state index is 0.0767. The summed E-state index contributed by atoms with van der Waals surface area (Å²) in [5.41, 5.74) is 0.944. The summed E-state index contributed by atoms with van der Waals surface area (Å²) in [5.74, 6) is 1.26. The summed E-state index contributed by atoms with van der Waals surface area (Å²) >= 11 is 0. The smallest absolute Gasteiger partial charge is 0.416 e. The van der Waals surface area contributed by atoms with Gasteiger partial charge in [0, 0.05) is 5.56 Å². The van der Waals surface area contributed by atoms with Crippen LogP contribution in [0.3, 0.4) is 0 Å². The normalized spacial score (nSPS) is 12.1. The van der Waals surface area contributed by atoms with Crippen molar-refractivity contribution in [3.8, 4) is 17.1 Å². The Kier molecular flexibility index (Phi) is 3.75.